The van der Waals surface area contributed by atoms with E-state index in [9.17, 15) is 14.7 Å². The van der Waals surface area contributed by atoms with E-state index in [-0.39, 0.29) is 11.8 Å². The Morgan fingerprint density at radius 1 is 1.29 bits per heavy atom. The highest BCUT2D eigenvalue weighted by Crippen LogP contribution is 2.08. The molecule has 0 aliphatic rings. The number of carbonyl (C=O) groups excluding carboxylic acids is 2. The van der Waals surface area contributed by atoms with E-state index in [0.29, 0.717) is 12.0 Å². The van der Waals surface area contributed by atoms with Gasteiger partial charge in [-0.05, 0) is 18.1 Å². The third kappa shape index (κ3) is 3.59. The molecule has 1 aromatic carbocycles. The Balaban J connectivity index is 2.75. The van der Waals surface area contributed by atoms with E-state index in [0.717, 1.165) is 0 Å². The van der Waals surface area contributed by atoms with E-state index in [1.54, 1.807) is 37.3 Å². The van der Waals surface area contributed by atoms with Crippen LogP contribution < -0.4 is 10.4 Å². The summed E-state index contributed by atoms with van der Waals surface area (Å²) in [4.78, 5) is 22.7. The second kappa shape index (κ2) is 6.03. The number of benzene rings is 1. The van der Waals surface area contributed by atoms with Crippen LogP contribution in [0.4, 0.5) is 0 Å². The summed E-state index contributed by atoms with van der Waals surface area (Å²) in [6.07, 6.45) is 0.660. The normalized spacial score (nSPS) is 13.8. The highest BCUT2D eigenvalue weighted by atomic mass is 16.4. The first kappa shape index (κ1) is 13.2. The lowest BCUT2D eigenvalue weighted by atomic mass is 9.99. The summed E-state index contributed by atoms with van der Waals surface area (Å²) < 4.78 is 0. The average Bonchev–Trinajstić information content (AvgIpc) is 2.35. The number of hydrogen-bond acceptors (Lipinski definition) is 3. The summed E-state index contributed by atoms with van der Waals surface area (Å²) in [5.41, 5.74) is 0.446. The maximum absolute atomic E-state index is 11.8. The second-order valence-corrected chi connectivity index (χ2v) is 4.02. The molecular formula is C13H16NO3-. The first-order valence-electron chi connectivity index (χ1n) is 5.63. The zero-order chi connectivity index (χ0) is 12.8. The maximum atomic E-state index is 11.8. The lowest BCUT2D eigenvalue weighted by Crippen LogP contribution is -2.51. The Morgan fingerprint density at radius 2 is 1.88 bits per heavy atom. The number of carbonyl (C=O) groups is 2. The van der Waals surface area contributed by atoms with Gasteiger partial charge in [0.1, 0.15) is 0 Å². The number of carboxylic acids is 1. The fourth-order valence-corrected chi connectivity index (χ4v) is 1.48. The standard InChI is InChI=1S/C13H17NO3/c1-3-9(2)11(13(16)17)14-12(15)10-7-5-4-6-8-10/h4-9,11H,3H2,1-2H3,(H,14,15)(H,16,17)/p-1/t9-,11-/m1/s1. The number of rotatable bonds is 5. The fraction of sp³-hybridized carbons (Fsp3) is 0.385. The van der Waals surface area contributed by atoms with Crippen LogP contribution in [0.5, 0.6) is 0 Å². The van der Waals surface area contributed by atoms with Gasteiger partial charge >= 0.3 is 0 Å². The van der Waals surface area contributed by atoms with Crippen LogP contribution in [0.25, 0.3) is 0 Å². The SMILES string of the molecule is CC[C@@H](C)[C@@H](NC(=O)c1ccccc1)C(=O)[O-]. The van der Waals surface area contributed by atoms with Gasteiger partial charge in [-0.25, -0.2) is 0 Å². The van der Waals surface area contributed by atoms with E-state index < -0.39 is 12.0 Å². The topological polar surface area (TPSA) is 69.2 Å². The molecule has 0 aliphatic heterocycles. The number of aliphatic carboxylic acids is 1. The van der Waals surface area contributed by atoms with Crippen molar-refractivity contribution >= 4 is 11.9 Å². The zero-order valence-electron chi connectivity index (χ0n) is 9.97. The monoisotopic (exact) mass is 234 g/mol. The molecule has 0 heterocycles. The first-order valence-corrected chi connectivity index (χ1v) is 5.63. The molecule has 0 radical (unpaired) electrons. The van der Waals surface area contributed by atoms with Crippen molar-refractivity contribution in [1.29, 1.82) is 0 Å². The predicted molar refractivity (Wildman–Crippen MR) is 62.2 cm³/mol. The average molecular weight is 234 g/mol. The van der Waals surface area contributed by atoms with Gasteiger partial charge in [0, 0.05) is 5.56 Å². The lowest BCUT2D eigenvalue weighted by molar-refractivity contribution is -0.309. The molecular weight excluding hydrogens is 218 g/mol. The molecule has 0 bridgehead atoms. The van der Waals surface area contributed by atoms with Gasteiger partial charge in [-0.2, -0.15) is 0 Å². The number of amides is 1. The molecule has 0 saturated heterocycles. The quantitative estimate of drug-likeness (QED) is 0.810. The Bertz CT molecular complexity index is 389. The van der Waals surface area contributed by atoms with E-state index in [1.807, 2.05) is 6.92 Å². The van der Waals surface area contributed by atoms with Crippen LogP contribution in [0.3, 0.4) is 0 Å². The van der Waals surface area contributed by atoms with Crippen LogP contribution in [-0.2, 0) is 4.79 Å². The minimum absolute atomic E-state index is 0.160. The maximum Gasteiger partial charge on any atom is 0.251 e. The molecule has 0 aliphatic carbocycles. The molecule has 4 heteroatoms. The molecule has 2 atom stereocenters. The third-order valence-electron chi connectivity index (χ3n) is 2.79. The third-order valence-corrected chi connectivity index (χ3v) is 2.79. The van der Waals surface area contributed by atoms with E-state index in [4.69, 9.17) is 0 Å². The van der Waals surface area contributed by atoms with Gasteiger partial charge in [0.2, 0.25) is 0 Å². The summed E-state index contributed by atoms with van der Waals surface area (Å²) >= 11 is 0. The van der Waals surface area contributed by atoms with E-state index >= 15 is 0 Å². The Kier molecular flexibility index (Phi) is 4.69. The largest absolute Gasteiger partial charge is 0.548 e. The van der Waals surface area contributed by atoms with E-state index in [1.165, 1.54) is 0 Å². The summed E-state index contributed by atoms with van der Waals surface area (Å²) in [5.74, 6) is -1.80. The van der Waals surface area contributed by atoms with Crippen molar-refractivity contribution in [3.05, 3.63) is 35.9 Å². The molecule has 0 saturated carbocycles. The Morgan fingerprint density at radius 3 is 2.35 bits per heavy atom. The molecule has 1 amide bonds. The molecule has 0 spiro atoms. The van der Waals surface area contributed by atoms with Crippen LogP contribution >= 0.6 is 0 Å². The molecule has 17 heavy (non-hydrogen) atoms. The minimum Gasteiger partial charge on any atom is -0.548 e. The van der Waals surface area contributed by atoms with Crippen molar-refractivity contribution in [3.63, 3.8) is 0 Å². The zero-order valence-corrected chi connectivity index (χ0v) is 9.97. The van der Waals surface area contributed by atoms with Gasteiger partial charge < -0.3 is 15.2 Å². The van der Waals surface area contributed by atoms with Crippen LogP contribution in [0.15, 0.2) is 30.3 Å². The van der Waals surface area contributed by atoms with Gasteiger partial charge in [-0.1, -0.05) is 38.5 Å². The number of carboxylic acid groups (broad SMARTS) is 1. The predicted octanol–water partition coefficient (Wildman–Crippen LogP) is 0.581. The first-order chi connectivity index (χ1) is 8.06. The second-order valence-electron chi connectivity index (χ2n) is 4.02. The lowest BCUT2D eigenvalue weighted by Gasteiger charge is -2.25. The number of hydrogen-bond donors (Lipinski definition) is 1. The highest BCUT2D eigenvalue weighted by Gasteiger charge is 2.19. The summed E-state index contributed by atoms with van der Waals surface area (Å²) in [6.45, 7) is 3.64. The van der Waals surface area contributed by atoms with Crippen LogP contribution in [-0.4, -0.2) is 17.9 Å². The van der Waals surface area contributed by atoms with Gasteiger partial charge in [0.05, 0.1) is 12.0 Å². The molecule has 1 rings (SSSR count). The summed E-state index contributed by atoms with van der Waals surface area (Å²) in [5, 5.41) is 13.4. The van der Waals surface area contributed by atoms with Gasteiger partial charge in [0.25, 0.3) is 5.91 Å². The van der Waals surface area contributed by atoms with Crippen molar-refractivity contribution in [2.75, 3.05) is 0 Å². The van der Waals surface area contributed by atoms with Crippen LogP contribution in [0, 0.1) is 5.92 Å². The molecule has 1 N–H and O–H groups in total. The van der Waals surface area contributed by atoms with Crippen LogP contribution in [0.1, 0.15) is 30.6 Å². The molecule has 1 aromatic rings. The Hall–Kier alpha value is -1.84. The Labute approximate surface area is 101 Å². The van der Waals surface area contributed by atoms with Crippen molar-refractivity contribution < 1.29 is 14.7 Å². The van der Waals surface area contributed by atoms with Crippen molar-refractivity contribution in [2.45, 2.75) is 26.3 Å². The minimum atomic E-state index is -1.25. The van der Waals surface area contributed by atoms with Crippen LogP contribution in [0.2, 0.25) is 0 Å². The highest BCUT2D eigenvalue weighted by molar-refractivity contribution is 5.96. The molecule has 0 unspecified atom stereocenters. The number of nitrogens with one attached hydrogen (secondary N) is 1. The fourth-order valence-electron chi connectivity index (χ4n) is 1.48. The van der Waals surface area contributed by atoms with Gasteiger partial charge in [0.15, 0.2) is 0 Å². The molecule has 0 aromatic heterocycles. The molecule has 92 valence electrons. The summed E-state index contributed by atoms with van der Waals surface area (Å²) in [6, 6.07) is 7.57. The van der Waals surface area contributed by atoms with Crippen molar-refractivity contribution in [1.82, 2.24) is 5.32 Å². The smallest absolute Gasteiger partial charge is 0.251 e. The van der Waals surface area contributed by atoms with Gasteiger partial charge in [-0.3, -0.25) is 4.79 Å². The van der Waals surface area contributed by atoms with Gasteiger partial charge in [-0.15, -0.1) is 0 Å². The van der Waals surface area contributed by atoms with Crippen molar-refractivity contribution in [2.24, 2.45) is 5.92 Å². The van der Waals surface area contributed by atoms with Crippen molar-refractivity contribution in [3.8, 4) is 0 Å². The molecule has 4 nitrogen and oxygen atoms in total. The molecule has 0 fully saturated rings. The van der Waals surface area contributed by atoms with E-state index in [2.05, 4.69) is 5.32 Å². The summed E-state index contributed by atoms with van der Waals surface area (Å²) in [7, 11) is 0.